The number of hydrogen-bond donors (Lipinski definition) is 2. The molecule has 3 aromatic rings. The van der Waals surface area contributed by atoms with Crippen LogP contribution in [0, 0.1) is 0 Å². The Bertz CT molecular complexity index is 1010. The highest BCUT2D eigenvalue weighted by Gasteiger charge is 2.07. The number of carbonyl (C=O) groups excluding carboxylic acids is 1. The van der Waals surface area contributed by atoms with Gasteiger partial charge in [0.25, 0.3) is 5.91 Å². The molecule has 0 saturated carbocycles. The summed E-state index contributed by atoms with van der Waals surface area (Å²) in [4.78, 5) is 24.2. The molecule has 1 amide bonds. The number of hydrazone groups is 1. The molecule has 0 saturated heterocycles. The van der Waals surface area contributed by atoms with Gasteiger partial charge < -0.3 is 9.52 Å². The van der Waals surface area contributed by atoms with Crippen molar-refractivity contribution < 1.29 is 14.3 Å². The van der Waals surface area contributed by atoms with Gasteiger partial charge in [-0.3, -0.25) is 9.59 Å². The highest BCUT2D eigenvalue weighted by molar-refractivity contribution is 6.31. The van der Waals surface area contributed by atoms with Crippen molar-refractivity contribution in [3.63, 3.8) is 0 Å². The Kier molecular flexibility index (Phi) is 4.31. The van der Waals surface area contributed by atoms with Crippen LogP contribution >= 0.6 is 11.6 Å². The van der Waals surface area contributed by atoms with Gasteiger partial charge in [-0.05, 0) is 36.4 Å². The number of halogens is 1. The lowest BCUT2D eigenvalue weighted by Crippen LogP contribution is -2.18. The zero-order valence-electron chi connectivity index (χ0n) is 12.2. The molecule has 0 unspecified atom stereocenters. The summed E-state index contributed by atoms with van der Waals surface area (Å²) in [6, 6.07) is 10.5. The summed E-state index contributed by atoms with van der Waals surface area (Å²) >= 11 is 5.88. The third-order valence-electron chi connectivity index (χ3n) is 3.24. The molecule has 0 fully saturated rings. The number of fused-ring (bicyclic) bond motifs is 1. The maximum atomic E-state index is 12.3. The molecular weight excluding hydrogens is 332 g/mol. The van der Waals surface area contributed by atoms with E-state index >= 15 is 0 Å². The molecule has 120 valence electrons. The van der Waals surface area contributed by atoms with Crippen LogP contribution < -0.4 is 10.9 Å². The average molecular weight is 343 g/mol. The first-order chi connectivity index (χ1) is 11.5. The van der Waals surface area contributed by atoms with Crippen molar-refractivity contribution in [3.05, 3.63) is 75.1 Å². The van der Waals surface area contributed by atoms with Gasteiger partial charge in [-0.15, -0.1) is 0 Å². The predicted octanol–water partition coefficient (Wildman–Crippen LogP) is 2.92. The summed E-state index contributed by atoms with van der Waals surface area (Å²) in [5.41, 5.74) is 2.78. The van der Waals surface area contributed by atoms with Crippen LogP contribution in [-0.4, -0.2) is 17.2 Å². The molecule has 0 bridgehead atoms. The third kappa shape index (κ3) is 3.28. The van der Waals surface area contributed by atoms with E-state index in [1.165, 1.54) is 42.8 Å². The molecule has 24 heavy (non-hydrogen) atoms. The van der Waals surface area contributed by atoms with Gasteiger partial charge in [-0.25, -0.2) is 5.43 Å². The van der Waals surface area contributed by atoms with Crippen LogP contribution in [0.25, 0.3) is 11.0 Å². The van der Waals surface area contributed by atoms with Crippen LogP contribution in [-0.2, 0) is 0 Å². The molecule has 0 radical (unpaired) electrons. The molecule has 1 aromatic heterocycles. The second kappa shape index (κ2) is 6.55. The number of nitrogens with zero attached hydrogens (tertiary/aromatic N) is 1. The van der Waals surface area contributed by atoms with Crippen LogP contribution in [0.3, 0.4) is 0 Å². The quantitative estimate of drug-likeness (QED) is 0.565. The minimum atomic E-state index is -0.518. The van der Waals surface area contributed by atoms with E-state index in [0.717, 1.165) is 0 Å². The number of phenols is 1. The fraction of sp³-hybridized carbons (Fsp3) is 0. The Balaban J connectivity index is 1.82. The number of carbonyl (C=O) groups is 1. The summed E-state index contributed by atoms with van der Waals surface area (Å²) in [6.07, 6.45) is 2.44. The topological polar surface area (TPSA) is 91.9 Å². The van der Waals surface area contributed by atoms with Crippen LogP contribution in [0.1, 0.15) is 15.9 Å². The third-order valence-corrected chi connectivity index (χ3v) is 3.47. The van der Waals surface area contributed by atoms with Crippen molar-refractivity contribution in [1.29, 1.82) is 0 Å². The minimum absolute atomic E-state index is 0.0290. The summed E-state index contributed by atoms with van der Waals surface area (Å²) < 4.78 is 5.34. The normalized spacial score (nSPS) is 11.0. The van der Waals surface area contributed by atoms with Crippen LogP contribution in [0.4, 0.5) is 0 Å². The van der Waals surface area contributed by atoms with E-state index in [4.69, 9.17) is 16.0 Å². The molecule has 0 aliphatic rings. The zero-order valence-corrected chi connectivity index (χ0v) is 12.9. The maximum absolute atomic E-state index is 12.3. The monoisotopic (exact) mass is 342 g/mol. The molecule has 0 spiro atoms. The van der Waals surface area contributed by atoms with Gasteiger partial charge in [0.1, 0.15) is 17.6 Å². The van der Waals surface area contributed by atoms with E-state index in [9.17, 15) is 14.7 Å². The van der Waals surface area contributed by atoms with Gasteiger partial charge >= 0.3 is 0 Å². The number of rotatable bonds is 3. The van der Waals surface area contributed by atoms with Crippen LogP contribution in [0.15, 0.2) is 63.0 Å². The largest absolute Gasteiger partial charge is 0.508 e. The maximum Gasteiger partial charge on any atom is 0.271 e. The first-order valence-electron chi connectivity index (χ1n) is 6.88. The van der Waals surface area contributed by atoms with Crippen LogP contribution in [0.2, 0.25) is 5.02 Å². The molecule has 6 nitrogen and oxygen atoms in total. The Morgan fingerprint density at radius 1 is 1.25 bits per heavy atom. The summed E-state index contributed by atoms with van der Waals surface area (Å²) in [5, 5.41) is 13.8. The fourth-order valence-electron chi connectivity index (χ4n) is 2.08. The lowest BCUT2D eigenvalue weighted by atomic mass is 10.2. The average Bonchev–Trinajstić information content (AvgIpc) is 2.57. The molecule has 3 rings (SSSR count). The first kappa shape index (κ1) is 15.8. The van der Waals surface area contributed by atoms with Gasteiger partial charge in [0.05, 0.1) is 17.2 Å². The van der Waals surface area contributed by atoms with Crippen molar-refractivity contribution in [1.82, 2.24) is 5.43 Å². The number of benzene rings is 2. The number of aromatic hydroxyl groups is 1. The molecule has 0 atom stereocenters. The van der Waals surface area contributed by atoms with Gasteiger partial charge in [-0.1, -0.05) is 17.7 Å². The van der Waals surface area contributed by atoms with E-state index in [2.05, 4.69) is 10.5 Å². The molecule has 1 heterocycles. The van der Waals surface area contributed by atoms with Gasteiger partial charge in [0.2, 0.25) is 5.43 Å². The zero-order chi connectivity index (χ0) is 17.1. The minimum Gasteiger partial charge on any atom is -0.508 e. The SMILES string of the molecule is O=C(N/N=C/c1coc2ccc(Cl)cc2c1=O)c1cccc(O)c1. The Labute approximate surface area is 141 Å². The fourth-order valence-corrected chi connectivity index (χ4v) is 2.25. The van der Waals surface area contributed by atoms with Gasteiger partial charge in [0.15, 0.2) is 0 Å². The molecule has 0 aliphatic carbocycles. The summed E-state index contributed by atoms with van der Waals surface area (Å²) in [7, 11) is 0. The molecule has 0 aliphatic heterocycles. The standard InChI is InChI=1S/C17H11ClN2O4/c18-12-4-5-15-14(7-12)16(22)11(9-24-15)8-19-20-17(23)10-2-1-3-13(21)6-10/h1-9,21H,(H,20,23)/b19-8+. The Morgan fingerprint density at radius 2 is 2.08 bits per heavy atom. The second-order valence-corrected chi connectivity index (χ2v) is 5.35. The molecular formula is C17H11ClN2O4. The van der Waals surface area contributed by atoms with Crippen molar-refractivity contribution in [2.45, 2.75) is 0 Å². The number of hydrogen-bond acceptors (Lipinski definition) is 5. The van der Waals surface area contributed by atoms with Crippen molar-refractivity contribution in [2.24, 2.45) is 5.10 Å². The highest BCUT2D eigenvalue weighted by Crippen LogP contribution is 2.16. The first-order valence-corrected chi connectivity index (χ1v) is 7.26. The number of amides is 1. The van der Waals surface area contributed by atoms with E-state index in [0.29, 0.717) is 16.0 Å². The second-order valence-electron chi connectivity index (χ2n) is 4.91. The van der Waals surface area contributed by atoms with E-state index in [-0.39, 0.29) is 22.3 Å². The van der Waals surface area contributed by atoms with E-state index < -0.39 is 5.91 Å². The Hall–Kier alpha value is -3.12. The highest BCUT2D eigenvalue weighted by atomic mass is 35.5. The van der Waals surface area contributed by atoms with Gasteiger partial charge in [-0.2, -0.15) is 5.10 Å². The lowest BCUT2D eigenvalue weighted by molar-refractivity contribution is 0.0954. The van der Waals surface area contributed by atoms with Crippen LogP contribution in [0.5, 0.6) is 5.75 Å². The smallest absolute Gasteiger partial charge is 0.271 e. The molecule has 2 N–H and O–H groups in total. The lowest BCUT2D eigenvalue weighted by Gasteiger charge is -2.01. The van der Waals surface area contributed by atoms with Crippen molar-refractivity contribution in [2.75, 3.05) is 0 Å². The van der Waals surface area contributed by atoms with Crippen molar-refractivity contribution >= 4 is 34.7 Å². The summed E-state index contributed by atoms with van der Waals surface area (Å²) in [5.74, 6) is -0.547. The van der Waals surface area contributed by atoms with E-state index in [1.54, 1.807) is 12.1 Å². The summed E-state index contributed by atoms with van der Waals surface area (Å²) in [6.45, 7) is 0. The number of nitrogens with one attached hydrogen (secondary N) is 1. The number of phenolic OH excluding ortho intramolecular Hbond substituents is 1. The predicted molar refractivity (Wildman–Crippen MR) is 90.7 cm³/mol. The Morgan fingerprint density at radius 3 is 2.88 bits per heavy atom. The van der Waals surface area contributed by atoms with Gasteiger partial charge in [0, 0.05) is 10.6 Å². The van der Waals surface area contributed by atoms with Crippen molar-refractivity contribution in [3.8, 4) is 5.75 Å². The molecule has 7 heteroatoms. The molecule has 2 aromatic carbocycles. The van der Waals surface area contributed by atoms with E-state index in [1.807, 2.05) is 0 Å².